The first-order valence-electron chi connectivity index (χ1n) is 12.6. The molecule has 1 aromatic heterocycles. The highest BCUT2D eigenvalue weighted by molar-refractivity contribution is 7.09. The quantitative estimate of drug-likeness (QED) is 0.295. The van der Waals surface area contributed by atoms with Gasteiger partial charge in [-0.15, -0.1) is 17.9 Å². The number of hydrogen-bond donors (Lipinski definition) is 3. The molecule has 1 amide bonds. The number of thiazole rings is 1. The van der Waals surface area contributed by atoms with E-state index < -0.39 is 40.6 Å². The predicted molar refractivity (Wildman–Crippen MR) is 144 cm³/mol. The molecule has 0 spiro atoms. The highest BCUT2D eigenvalue weighted by atomic mass is 35.5. The van der Waals surface area contributed by atoms with Crippen molar-refractivity contribution in [2.24, 2.45) is 17.3 Å². The van der Waals surface area contributed by atoms with Crippen molar-refractivity contribution < 1.29 is 29.3 Å². The molecule has 8 nitrogen and oxygen atoms in total. The van der Waals surface area contributed by atoms with Gasteiger partial charge in [-0.2, -0.15) is 0 Å². The number of alkyl halides is 1. The minimum atomic E-state index is -1.27. The van der Waals surface area contributed by atoms with Gasteiger partial charge in [0, 0.05) is 23.6 Å². The van der Waals surface area contributed by atoms with Crippen molar-refractivity contribution >= 4 is 40.7 Å². The summed E-state index contributed by atoms with van der Waals surface area (Å²) >= 11 is 8.17. The number of epoxide rings is 1. The number of halogens is 1. The first-order chi connectivity index (χ1) is 17.3. The second kappa shape index (κ2) is 12.1. The lowest BCUT2D eigenvalue weighted by Gasteiger charge is -2.35. The molecule has 0 saturated carbocycles. The number of Topliss-reactive ketones (excluding diaryl/α,β-unsaturated/α-hetero) is 1. The number of ether oxygens (including phenoxy) is 2. The van der Waals surface area contributed by atoms with Gasteiger partial charge in [-0.25, -0.2) is 4.98 Å². The van der Waals surface area contributed by atoms with Crippen molar-refractivity contribution in [1.29, 1.82) is 0 Å². The van der Waals surface area contributed by atoms with Crippen molar-refractivity contribution in [3.8, 4) is 0 Å². The smallest absolute Gasteiger partial charge is 0.223 e. The molecule has 10 heteroatoms. The minimum absolute atomic E-state index is 0.106. The summed E-state index contributed by atoms with van der Waals surface area (Å²) < 4.78 is 11.6. The summed E-state index contributed by atoms with van der Waals surface area (Å²) in [6, 6.07) is -0.423. The van der Waals surface area contributed by atoms with E-state index in [9.17, 15) is 19.8 Å². The Bertz CT molecular complexity index is 1030. The predicted octanol–water partition coefficient (Wildman–Crippen LogP) is 3.63. The van der Waals surface area contributed by atoms with Crippen LogP contribution in [0, 0.1) is 24.2 Å². The number of ketones is 1. The monoisotopic (exact) mass is 554 g/mol. The maximum absolute atomic E-state index is 13.5. The number of rotatable bonds is 4. The van der Waals surface area contributed by atoms with E-state index in [0.717, 1.165) is 16.3 Å². The van der Waals surface area contributed by atoms with Crippen LogP contribution in [0.5, 0.6) is 0 Å². The molecule has 0 bridgehead atoms. The Labute approximate surface area is 228 Å². The van der Waals surface area contributed by atoms with Crippen molar-refractivity contribution in [3.05, 3.63) is 34.3 Å². The lowest BCUT2D eigenvalue weighted by atomic mass is 9.71. The third kappa shape index (κ3) is 7.28. The highest BCUT2D eigenvalue weighted by Gasteiger charge is 2.56. The first-order valence-corrected chi connectivity index (χ1v) is 13.9. The van der Waals surface area contributed by atoms with Gasteiger partial charge in [-0.3, -0.25) is 9.59 Å². The van der Waals surface area contributed by atoms with Gasteiger partial charge < -0.3 is 25.0 Å². The number of nitrogens with one attached hydrogen (secondary N) is 1. The number of carbonyl (C=O) groups excluding carboxylic acids is 2. The molecule has 3 N–H and O–H groups in total. The molecule has 2 saturated heterocycles. The summed E-state index contributed by atoms with van der Waals surface area (Å²) in [6.45, 7) is 12.8. The van der Waals surface area contributed by atoms with Crippen molar-refractivity contribution in [3.63, 3.8) is 0 Å². The van der Waals surface area contributed by atoms with Crippen LogP contribution in [0.15, 0.2) is 23.6 Å². The Morgan fingerprint density at radius 3 is 2.70 bits per heavy atom. The highest BCUT2D eigenvalue weighted by Crippen LogP contribution is 2.44. The molecule has 0 aromatic carbocycles. The third-order valence-electron chi connectivity index (χ3n) is 7.39. The largest absolute Gasteiger partial charge is 0.392 e. The van der Waals surface area contributed by atoms with Crippen LogP contribution in [0.25, 0.3) is 6.08 Å². The van der Waals surface area contributed by atoms with E-state index in [4.69, 9.17) is 21.1 Å². The van der Waals surface area contributed by atoms with Gasteiger partial charge in [0.2, 0.25) is 5.91 Å². The molecule has 2 fully saturated rings. The number of aliphatic hydroxyl groups is 2. The summed E-state index contributed by atoms with van der Waals surface area (Å²) in [5, 5.41) is 26.8. The van der Waals surface area contributed by atoms with E-state index in [-0.39, 0.29) is 43.9 Å². The number of fused-ring (bicyclic) bond motifs is 1. The molecule has 3 heterocycles. The number of aromatic nitrogens is 1. The fraction of sp³-hybridized carbons (Fsp3) is 0.667. The molecule has 0 aliphatic carbocycles. The number of allylic oxidation sites excluding steroid dienone is 1. The van der Waals surface area contributed by atoms with Crippen molar-refractivity contribution in [2.45, 2.75) is 83.3 Å². The SMILES string of the molecule is C=CC[C@H]1C(=O)C(C)(C)[C@@H](O)CC(=O)N[C@H](C(C)=Cc2csc(C)n2)C[C@@H]2O[C@]2(Cl)COC[C@H](C)[C@@H]1O. The van der Waals surface area contributed by atoms with Gasteiger partial charge in [0.05, 0.1) is 54.0 Å². The van der Waals surface area contributed by atoms with Crippen LogP contribution in [0.4, 0.5) is 0 Å². The number of aryl methyl sites for hydroxylation is 1. The summed E-state index contributed by atoms with van der Waals surface area (Å²) in [5.74, 6) is -1.91. The normalized spacial score (nSPS) is 35.9. The van der Waals surface area contributed by atoms with Crippen LogP contribution in [-0.4, -0.2) is 69.5 Å². The molecule has 206 valence electrons. The summed E-state index contributed by atoms with van der Waals surface area (Å²) in [6.07, 6.45) is 1.22. The van der Waals surface area contributed by atoms with Crippen LogP contribution < -0.4 is 5.32 Å². The van der Waals surface area contributed by atoms with Gasteiger partial charge in [-0.1, -0.05) is 38.4 Å². The van der Waals surface area contributed by atoms with Crippen LogP contribution >= 0.6 is 22.9 Å². The van der Waals surface area contributed by atoms with Gasteiger partial charge >= 0.3 is 0 Å². The molecule has 1 aromatic rings. The summed E-state index contributed by atoms with van der Waals surface area (Å²) in [7, 11) is 0. The van der Waals surface area contributed by atoms with Gasteiger partial charge in [0.15, 0.2) is 5.06 Å². The number of hydrogen-bond acceptors (Lipinski definition) is 8. The Kier molecular flexibility index (Phi) is 9.75. The standard InChI is InChI=1S/C27H39ClN2O6S/c1-7-8-19-24(33)16(3)12-35-14-27(28)22(36-27)10-20(15(2)9-18-13-37-17(4)29-18)30-23(32)11-21(31)26(5,6)25(19)34/h7,9,13,16,19-22,24,31,33H,1,8,10-12,14H2,2-6H3,(H,30,32)/t16-,19+,20-,21-,22-,24-,27+/m0/s1. The van der Waals surface area contributed by atoms with Crippen molar-refractivity contribution in [2.75, 3.05) is 13.2 Å². The fourth-order valence-electron chi connectivity index (χ4n) is 4.69. The fourth-order valence-corrected chi connectivity index (χ4v) is 5.54. The molecular formula is C27H39ClN2O6S. The van der Waals surface area contributed by atoms with Crippen LogP contribution in [0.2, 0.25) is 0 Å². The van der Waals surface area contributed by atoms with E-state index in [1.165, 1.54) is 11.3 Å². The Hall–Kier alpha value is -1.62. The molecular weight excluding hydrogens is 516 g/mol. The Morgan fingerprint density at radius 1 is 1.38 bits per heavy atom. The zero-order chi connectivity index (χ0) is 27.5. The number of aliphatic hydroxyl groups excluding tert-OH is 2. The maximum Gasteiger partial charge on any atom is 0.223 e. The van der Waals surface area contributed by atoms with E-state index in [2.05, 4.69) is 16.9 Å². The molecule has 7 atom stereocenters. The molecule has 3 rings (SSSR count). The second-order valence-electron chi connectivity index (χ2n) is 10.8. The molecule has 0 radical (unpaired) electrons. The number of amides is 1. The maximum atomic E-state index is 13.5. The minimum Gasteiger partial charge on any atom is -0.392 e. The van der Waals surface area contributed by atoms with Crippen LogP contribution in [0.3, 0.4) is 0 Å². The van der Waals surface area contributed by atoms with Crippen LogP contribution in [-0.2, 0) is 19.1 Å². The Balaban J connectivity index is 1.88. The lowest BCUT2D eigenvalue weighted by molar-refractivity contribution is -0.144. The van der Waals surface area contributed by atoms with Gasteiger partial charge in [0.1, 0.15) is 11.9 Å². The summed E-state index contributed by atoms with van der Waals surface area (Å²) in [4.78, 5) is 31.1. The average molecular weight is 555 g/mol. The summed E-state index contributed by atoms with van der Waals surface area (Å²) in [5.41, 5.74) is 0.390. The van der Waals surface area contributed by atoms with E-state index in [1.807, 2.05) is 25.3 Å². The van der Waals surface area contributed by atoms with Gasteiger partial charge in [-0.05, 0) is 31.9 Å². The topological polar surface area (TPSA) is 121 Å². The molecule has 0 unspecified atom stereocenters. The van der Waals surface area contributed by atoms with Crippen molar-refractivity contribution in [1.82, 2.24) is 10.3 Å². The number of carbonyl (C=O) groups is 2. The molecule has 2 aliphatic rings. The first kappa shape index (κ1) is 29.9. The average Bonchev–Trinajstić information content (AvgIpc) is 3.27. The Morgan fingerprint density at radius 2 is 2.08 bits per heavy atom. The number of nitrogens with zero attached hydrogens (tertiary/aromatic N) is 1. The van der Waals surface area contributed by atoms with Gasteiger partial charge in [0.25, 0.3) is 0 Å². The lowest BCUT2D eigenvalue weighted by Crippen LogP contribution is -2.48. The molecule has 2 aliphatic heterocycles. The third-order valence-corrected chi connectivity index (χ3v) is 8.62. The second-order valence-corrected chi connectivity index (χ2v) is 12.5. The van der Waals surface area contributed by atoms with E-state index in [0.29, 0.717) is 6.42 Å². The zero-order valence-corrected chi connectivity index (χ0v) is 23.8. The van der Waals surface area contributed by atoms with E-state index >= 15 is 0 Å². The zero-order valence-electron chi connectivity index (χ0n) is 22.2. The van der Waals surface area contributed by atoms with Crippen LogP contribution in [0.1, 0.15) is 57.7 Å². The molecule has 37 heavy (non-hydrogen) atoms. The van der Waals surface area contributed by atoms with E-state index in [1.54, 1.807) is 26.8 Å².